The van der Waals surface area contributed by atoms with Gasteiger partial charge in [0.05, 0.1) is 11.3 Å². The third-order valence-corrected chi connectivity index (χ3v) is 4.53. The van der Waals surface area contributed by atoms with Crippen LogP contribution in [0.15, 0.2) is 48.7 Å². The number of aromatic nitrogens is 1. The van der Waals surface area contributed by atoms with E-state index in [1.165, 1.54) is 20.0 Å². The number of carboxylic acids is 1. The molecule has 0 spiro atoms. The lowest BCUT2D eigenvalue weighted by atomic mass is 10.0. The van der Waals surface area contributed by atoms with Crippen LogP contribution in [-0.4, -0.2) is 27.5 Å². The Balaban J connectivity index is 2.05. The predicted molar refractivity (Wildman–Crippen MR) is 107 cm³/mol. The van der Waals surface area contributed by atoms with E-state index in [9.17, 15) is 19.1 Å². The first-order chi connectivity index (χ1) is 13.7. The first-order valence-electron chi connectivity index (χ1n) is 8.69. The number of nitrogens with one attached hydrogen (secondary N) is 1. The fourth-order valence-corrected chi connectivity index (χ4v) is 2.89. The molecule has 0 bridgehead atoms. The number of pyridine rings is 1. The predicted octanol–water partition coefficient (Wildman–Crippen LogP) is 4.20. The van der Waals surface area contributed by atoms with Gasteiger partial charge in [-0.25, -0.2) is 9.18 Å². The number of rotatable bonds is 6. The molecule has 3 rings (SSSR count). The number of benzene rings is 2. The highest BCUT2D eigenvalue weighted by atomic mass is 35.5. The van der Waals surface area contributed by atoms with Crippen LogP contribution in [0, 0.1) is 5.82 Å². The highest BCUT2D eigenvalue weighted by Crippen LogP contribution is 2.33. The lowest BCUT2D eigenvalue weighted by molar-refractivity contribution is -0.143. The van der Waals surface area contributed by atoms with Crippen molar-refractivity contribution in [3.8, 4) is 5.75 Å². The lowest BCUT2D eigenvalue weighted by Crippen LogP contribution is -2.49. The van der Waals surface area contributed by atoms with Crippen molar-refractivity contribution >= 4 is 34.2 Å². The highest BCUT2D eigenvalue weighted by molar-refractivity contribution is 6.30. The summed E-state index contributed by atoms with van der Waals surface area (Å²) < 4.78 is 20.5. The Kier molecular flexibility index (Phi) is 5.70. The Morgan fingerprint density at radius 1 is 1.21 bits per heavy atom. The van der Waals surface area contributed by atoms with Gasteiger partial charge in [-0.05, 0) is 32.0 Å². The summed E-state index contributed by atoms with van der Waals surface area (Å²) >= 11 is 5.96. The zero-order chi connectivity index (χ0) is 21.2. The second-order valence-corrected chi connectivity index (χ2v) is 7.36. The zero-order valence-electron chi connectivity index (χ0n) is 15.7. The Hall–Kier alpha value is -3.19. The molecule has 0 aliphatic heterocycles. The van der Waals surface area contributed by atoms with Gasteiger partial charge in [-0.15, -0.1) is 0 Å². The Morgan fingerprint density at radius 3 is 2.55 bits per heavy atom. The average molecular weight is 417 g/mol. The summed E-state index contributed by atoms with van der Waals surface area (Å²) in [6.45, 7) is 2.65. The maximum absolute atomic E-state index is 14.6. The molecule has 1 aromatic heterocycles. The molecule has 6 nitrogen and oxygen atoms in total. The van der Waals surface area contributed by atoms with Crippen LogP contribution >= 0.6 is 11.6 Å². The smallest absolute Gasteiger partial charge is 0.328 e. The molecule has 0 aliphatic carbocycles. The molecule has 0 atom stereocenters. The van der Waals surface area contributed by atoms with Gasteiger partial charge in [0, 0.05) is 22.0 Å². The van der Waals surface area contributed by atoms with Crippen LogP contribution in [0.5, 0.6) is 5.75 Å². The molecule has 3 aromatic rings. The fourth-order valence-electron chi connectivity index (χ4n) is 2.71. The molecule has 2 N–H and O–H groups in total. The van der Waals surface area contributed by atoms with Crippen molar-refractivity contribution in [2.45, 2.75) is 26.0 Å². The molecule has 1 heterocycles. The largest absolute Gasteiger partial charge is 0.486 e. The number of aliphatic carboxylic acids is 1. The van der Waals surface area contributed by atoms with E-state index >= 15 is 0 Å². The SMILES string of the molecule is CC(C)(NC(=O)c1cc(F)c2ccccc2c1OCc1cc(Cl)ccn1)C(=O)O. The van der Waals surface area contributed by atoms with Gasteiger partial charge in [-0.3, -0.25) is 9.78 Å². The Bertz CT molecular complexity index is 1100. The van der Waals surface area contributed by atoms with E-state index in [1.807, 2.05) is 0 Å². The van der Waals surface area contributed by atoms with Crippen LogP contribution in [0.3, 0.4) is 0 Å². The number of ether oxygens (including phenoxy) is 1. The average Bonchev–Trinajstić information content (AvgIpc) is 2.67. The number of nitrogens with zero attached hydrogens (tertiary/aromatic N) is 1. The standard InChI is InChI=1S/C21H18ClFN2O4/c1-21(2,20(27)28)25-19(26)16-10-17(23)14-5-3-4-6-15(14)18(16)29-11-13-9-12(22)7-8-24-13/h3-10H,11H2,1-2H3,(H,25,26)(H,27,28). The Morgan fingerprint density at radius 2 is 1.90 bits per heavy atom. The van der Waals surface area contributed by atoms with Crippen LogP contribution in [0.4, 0.5) is 4.39 Å². The maximum Gasteiger partial charge on any atom is 0.328 e. The minimum absolute atomic E-state index is 0.0151. The van der Waals surface area contributed by atoms with Gasteiger partial charge >= 0.3 is 5.97 Å². The summed E-state index contributed by atoms with van der Waals surface area (Å²) in [6, 6.07) is 10.8. The molecule has 0 saturated carbocycles. The van der Waals surface area contributed by atoms with Crippen molar-refractivity contribution in [1.29, 1.82) is 0 Å². The van der Waals surface area contributed by atoms with Gasteiger partial charge in [-0.1, -0.05) is 35.9 Å². The molecule has 29 heavy (non-hydrogen) atoms. The number of carbonyl (C=O) groups excluding carboxylic acids is 1. The minimum atomic E-state index is -1.55. The second-order valence-electron chi connectivity index (χ2n) is 6.92. The number of amides is 1. The topological polar surface area (TPSA) is 88.5 Å². The van der Waals surface area contributed by atoms with Gasteiger partial charge in [0.2, 0.25) is 0 Å². The molecule has 0 unspecified atom stereocenters. The molecule has 0 saturated heterocycles. The van der Waals surface area contributed by atoms with Gasteiger partial charge in [0.25, 0.3) is 5.91 Å². The highest BCUT2D eigenvalue weighted by Gasteiger charge is 2.31. The van der Waals surface area contributed by atoms with Crippen molar-refractivity contribution in [2.75, 3.05) is 0 Å². The number of hydrogen-bond donors (Lipinski definition) is 2. The quantitative estimate of drug-likeness (QED) is 0.628. The van der Waals surface area contributed by atoms with Crippen molar-refractivity contribution < 1.29 is 23.8 Å². The number of carbonyl (C=O) groups is 2. The molecule has 0 aliphatic rings. The van der Waals surface area contributed by atoms with E-state index < -0.39 is 23.2 Å². The van der Waals surface area contributed by atoms with Crippen molar-refractivity contribution in [3.05, 3.63) is 70.8 Å². The Labute approximate surface area is 171 Å². The van der Waals surface area contributed by atoms with Crippen LogP contribution in [-0.2, 0) is 11.4 Å². The van der Waals surface area contributed by atoms with Crippen LogP contribution in [0.2, 0.25) is 5.02 Å². The zero-order valence-corrected chi connectivity index (χ0v) is 16.5. The van der Waals surface area contributed by atoms with Crippen LogP contribution in [0.1, 0.15) is 29.9 Å². The van der Waals surface area contributed by atoms with Gasteiger partial charge in [0.15, 0.2) is 0 Å². The molecular formula is C21H18ClFN2O4. The molecule has 150 valence electrons. The number of carboxylic acid groups (broad SMARTS) is 1. The van der Waals surface area contributed by atoms with E-state index in [2.05, 4.69) is 10.3 Å². The normalized spacial score (nSPS) is 11.3. The third-order valence-electron chi connectivity index (χ3n) is 4.29. The first-order valence-corrected chi connectivity index (χ1v) is 9.07. The maximum atomic E-state index is 14.6. The van der Waals surface area contributed by atoms with Crippen LogP contribution < -0.4 is 10.1 Å². The summed E-state index contributed by atoms with van der Waals surface area (Å²) in [7, 11) is 0. The number of fused-ring (bicyclic) bond motifs is 1. The second kappa shape index (κ2) is 8.05. The van der Waals surface area contributed by atoms with Gasteiger partial charge in [0.1, 0.15) is 23.7 Å². The summed E-state index contributed by atoms with van der Waals surface area (Å²) in [5.74, 6) is -2.48. The molecule has 0 fully saturated rings. The summed E-state index contributed by atoms with van der Waals surface area (Å²) in [6.07, 6.45) is 1.52. The summed E-state index contributed by atoms with van der Waals surface area (Å²) in [4.78, 5) is 28.3. The van der Waals surface area contributed by atoms with E-state index in [0.717, 1.165) is 6.07 Å². The number of halogens is 2. The molecule has 1 amide bonds. The van der Waals surface area contributed by atoms with Gasteiger partial charge in [-0.2, -0.15) is 0 Å². The first kappa shape index (κ1) is 20.5. The van der Waals surface area contributed by atoms with E-state index in [-0.39, 0.29) is 23.3 Å². The molecule has 2 aromatic carbocycles. The van der Waals surface area contributed by atoms with Crippen molar-refractivity contribution in [1.82, 2.24) is 10.3 Å². The van der Waals surface area contributed by atoms with E-state index in [4.69, 9.17) is 16.3 Å². The fraction of sp³-hybridized carbons (Fsp3) is 0.190. The molecule has 0 radical (unpaired) electrons. The monoisotopic (exact) mass is 416 g/mol. The summed E-state index contributed by atoms with van der Waals surface area (Å²) in [5.41, 5.74) is -1.15. The van der Waals surface area contributed by atoms with Crippen molar-refractivity contribution in [2.24, 2.45) is 0 Å². The minimum Gasteiger partial charge on any atom is -0.486 e. The van der Waals surface area contributed by atoms with Gasteiger partial charge < -0.3 is 15.2 Å². The van der Waals surface area contributed by atoms with E-state index in [0.29, 0.717) is 16.1 Å². The number of hydrogen-bond acceptors (Lipinski definition) is 4. The molecule has 8 heteroatoms. The summed E-state index contributed by atoms with van der Waals surface area (Å²) in [5, 5.41) is 12.8. The van der Waals surface area contributed by atoms with Crippen LogP contribution in [0.25, 0.3) is 10.8 Å². The third kappa shape index (κ3) is 4.46. The molecular weight excluding hydrogens is 399 g/mol. The lowest BCUT2D eigenvalue weighted by Gasteiger charge is -2.22. The van der Waals surface area contributed by atoms with Crippen molar-refractivity contribution in [3.63, 3.8) is 0 Å². The van der Waals surface area contributed by atoms with E-state index in [1.54, 1.807) is 36.4 Å².